The number of piperidine rings is 1. The monoisotopic (exact) mass is 284 g/mol. The molecule has 1 heterocycles. The molecule has 1 unspecified atom stereocenters. The van der Waals surface area contributed by atoms with Crippen molar-refractivity contribution in [1.29, 1.82) is 0 Å². The first-order chi connectivity index (χ1) is 10.1. The van der Waals surface area contributed by atoms with Crippen LogP contribution in [0.4, 0.5) is 0 Å². The van der Waals surface area contributed by atoms with Gasteiger partial charge in [0.15, 0.2) is 0 Å². The zero-order chi connectivity index (χ0) is 14.4. The molecule has 1 aromatic rings. The highest BCUT2D eigenvalue weighted by molar-refractivity contribution is 5.37. The Kier molecular flexibility index (Phi) is 3.35. The second-order valence-electron chi connectivity index (χ2n) is 8.01. The largest absolute Gasteiger partial charge is 0.307 e. The number of hydrogen-bond donors (Lipinski definition) is 1. The second kappa shape index (κ2) is 5.10. The van der Waals surface area contributed by atoms with E-state index in [-0.39, 0.29) is 0 Å². The van der Waals surface area contributed by atoms with Gasteiger partial charge in [-0.25, -0.2) is 0 Å². The van der Waals surface area contributed by atoms with Crippen LogP contribution in [-0.4, -0.2) is 30.1 Å². The van der Waals surface area contributed by atoms with Gasteiger partial charge in [-0.15, -0.1) is 0 Å². The van der Waals surface area contributed by atoms with Crippen LogP contribution in [0.25, 0.3) is 0 Å². The normalized spacial score (nSPS) is 29.5. The minimum Gasteiger partial charge on any atom is -0.307 e. The van der Waals surface area contributed by atoms with Crippen molar-refractivity contribution in [3.63, 3.8) is 0 Å². The van der Waals surface area contributed by atoms with E-state index in [9.17, 15) is 0 Å². The number of hydrogen-bond acceptors (Lipinski definition) is 2. The van der Waals surface area contributed by atoms with Gasteiger partial charge in [0.2, 0.25) is 0 Å². The van der Waals surface area contributed by atoms with Crippen molar-refractivity contribution in [1.82, 2.24) is 10.2 Å². The van der Waals surface area contributed by atoms with Crippen LogP contribution in [0.1, 0.15) is 56.7 Å². The summed E-state index contributed by atoms with van der Waals surface area (Å²) in [6.07, 6.45) is 6.75. The van der Waals surface area contributed by atoms with E-state index < -0.39 is 0 Å². The molecule has 1 aliphatic heterocycles. The van der Waals surface area contributed by atoms with E-state index in [0.29, 0.717) is 17.5 Å². The Morgan fingerprint density at radius 3 is 2.48 bits per heavy atom. The van der Waals surface area contributed by atoms with Gasteiger partial charge < -0.3 is 10.2 Å². The third-order valence-corrected chi connectivity index (χ3v) is 5.79. The lowest BCUT2D eigenvalue weighted by atomic mass is 9.84. The van der Waals surface area contributed by atoms with E-state index in [1.807, 2.05) is 0 Å². The summed E-state index contributed by atoms with van der Waals surface area (Å²) in [5.41, 5.74) is 3.44. The molecule has 1 atom stereocenters. The van der Waals surface area contributed by atoms with E-state index in [1.165, 1.54) is 45.2 Å². The number of likely N-dealkylation sites (tertiary alicyclic amines) is 1. The van der Waals surface area contributed by atoms with Gasteiger partial charge in [-0.05, 0) is 61.7 Å². The first-order valence-electron chi connectivity index (χ1n) is 8.71. The smallest absolute Gasteiger partial charge is 0.0380 e. The number of rotatable bonds is 3. The lowest BCUT2D eigenvalue weighted by Crippen LogP contribution is -2.46. The minimum absolute atomic E-state index is 0.345. The fraction of sp³-hybridized carbons (Fsp3) is 0.684. The molecule has 0 aromatic heterocycles. The molecule has 0 radical (unpaired) electrons. The Hall–Kier alpha value is -0.860. The van der Waals surface area contributed by atoms with Crippen molar-refractivity contribution in [3.05, 3.63) is 35.4 Å². The summed E-state index contributed by atoms with van der Waals surface area (Å²) in [5, 5.41) is 4.02. The molecule has 0 amide bonds. The fourth-order valence-electron chi connectivity index (χ4n) is 4.41. The zero-order valence-electron chi connectivity index (χ0n) is 13.4. The van der Waals surface area contributed by atoms with Crippen LogP contribution in [0.3, 0.4) is 0 Å². The van der Waals surface area contributed by atoms with Gasteiger partial charge >= 0.3 is 0 Å². The molecule has 4 rings (SSSR count). The molecule has 2 fully saturated rings. The Morgan fingerprint density at radius 2 is 1.76 bits per heavy atom. The molecule has 21 heavy (non-hydrogen) atoms. The SMILES string of the molecule is CC1(C)Cc2ccccc2C1NC1CCN(C2CC2)CC1. The van der Waals surface area contributed by atoms with Gasteiger partial charge in [-0.2, -0.15) is 0 Å². The molecule has 0 bridgehead atoms. The Bertz CT molecular complexity index is 510. The van der Waals surface area contributed by atoms with Crippen LogP contribution < -0.4 is 5.32 Å². The first kappa shape index (κ1) is 13.8. The number of nitrogens with one attached hydrogen (secondary N) is 1. The Balaban J connectivity index is 1.44. The number of nitrogens with zero attached hydrogens (tertiary/aromatic N) is 1. The molecule has 1 aromatic carbocycles. The maximum absolute atomic E-state index is 4.02. The average molecular weight is 284 g/mol. The van der Waals surface area contributed by atoms with E-state index in [2.05, 4.69) is 48.3 Å². The predicted octanol–water partition coefficient (Wildman–Crippen LogP) is 3.53. The standard InChI is InChI=1S/C19H28N2/c1-19(2)13-14-5-3-4-6-17(14)18(19)20-15-9-11-21(12-10-15)16-7-8-16/h3-6,15-16,18,20H,7-13H2,1-2H3. The van der Waals surface area contributed by atoms with Crippen molar-refractivity contribution in [2.75, 3.05) is 13.1 Å². The number of benzene rings is 1. The van der Waals surface area contributed by atoms with Gasteiger partial charge in [0.25, 0.3) is 0 Å². The molecule has 1 N–H and O–H groups in total. The summed E-state index contributed by atoms with van der Waals surface area (Å²) in [6.45, 7) is 7.45. The molecule has 1 saturated heterocycles. The lowest BCUT2D eigenvalue weighted by molar-refractivity contribution is 0.162. The lowest BCUT2D eigenvalue weighted by Gasteiger charge is -2.37. The molecule has 2 nitrogen and oxygen atoms in total. The molecule has 2 aliphatic carbocycles. The summed E-state index contributed by atoms with van der Waals surface area (Å²) in [5.74, 6) is 0. The van der Waals surface area contributed by atoms with Crippen LogP contribution in [0.2, 0.25) is 0 Å². The van der Waals surface area contributed by atoms with Crippen molar-refractivity contribution < 1.29 is 0 Å². The second-order valence-corrected chi connectivity index (χ2v) is 8.01. The van der Waals surface area contributed by atoms with Gasteiger partial charge in [-0.1, -0.05) is 38.1 Å². The van der Waals surface area contributed by atoms with E-state index in [1.54, 1.807) is 11.1 Å². The molecule has 3 aliphatic rings. The summed E-state index contributed by atoms with van der Waals surface area (Å²) in [7, 11) is 0. The van der Waals surface area contributed by atoms with Crippen molar-refractivity contribution in [3.8, 4) is 0 Å². The molecular weight excluding hydrogens is 256 g/mol. The average Bonchev–Trinajstić information content (AvgIpc) is 3.27. The van der Waals surface area contributed by atoms with Gasteiger partial charge in [0.05, 0.1) is 0 Å². The summed E-state index contributed by atoms with van der Waals surface area (Å²) in [6, 6.07) is 11.2. The van der Waals surface area contributed by atoms with Crippen molar-refractivity contribution in [2.45, 2.75) is 64.1 Å². The van der Waals surface area contributed by atoms with Crippen LogP contribution in [0.15, 0.2) is 24.3 Å². The van der Waals surface area contributed by atoms with Crippen LogP contribution in [0.5, 0.6) is 0 Å². The van der Waals surface area contributed by atoms with Gasteiger partial charge in [0.1, 0.15) is 0 Å². The van der Waals surface area contributed by atoms with E-state index in [4.69, 9.17) is 0 Å². The summed E-state index contributed by atoms with van der Waals surface area (Å²) >= 11 is 0. The highest BCUT2D eigenvalue weighted by Gasteiger charge is 2.40. The third-order valence-electron chi connectivity index (χ3n) is 5.79. The maximum Gasteiger partial charge on any atom is 0.0380 e. The highest BCUT2D eigenvalue weighted by atomic mass is 15.2. The highest BCUT2D eigenvalue weighted by Crippen LogP contribution is 2.45. The topological polar surface area (TPSA) is 15.3 Å². The molecular formula is C19H28N2. The van der Waals surface area contributed by atoms with E-state index >= 15 is 0 Å². The zero-order valence-corrected chi connectivity index (χ0v) is 13.4. The minimum atomic E-state index is 0.345. The fourth-order valence-corrected chi connectivity index (χ4v) is 4.41. The van der Waals surface area contributed by atoms with Crippen LogP contribution in [0, 0.1) is 5.41 Å². The summed E-state index contributed by atoms with van der Waals surface area (Å²) < 4.78 is 0. The molecule has 1 saturated carbocycles. The first-order valence-corrected chi connectivity index (χ1v) is 8.71. The quantitative estimate of drug-likeness (QED) is 0.913. The molecule has 114 valence electrons. The van der Waals surface area contributed by atoms with E-state index in [0.717, 1.165) is 6.04 Å². The Labute approximate surface area is 128 Å². The van der Waals surface area contributed by atoms with Crippen LogP contribution >= 0.6 is 0 Å². The van der Waals surface area contributed by atoms with Gasteiger partial charge in [-0.3, -0.25) is 0 Å². The third kappa shape index (κ3) is 2.64. The molecule has 2 heteroatoms. The van der Waals surface area contributed by atoms with Gasteiger partial charge in [0, 0.05) is 18.1 Å². The van der Waals surface area contributed by atoms with Crippen molar-refractivity contribution >= 4 is 0 Å². The Morgan fingerprint density at radius 1 is 1.05 bits per heavy atom. The number of fused-ring (bicyclic) bond motifs is 1. The summed E-state index contributed by atoms with van der Waals surface area (Å²) in [4.78, 5) is 2.71. The predicted molar refractivity (Wildman–Crippen MR) is 87.4 cm³/mol. The van der Waals surface area contributed by atoms with Crippen molar-refractivity contribution in [2.24, 2.45) is 5.41 Å². The maximum atomic E-state index is 4.02. The van der Waals surface area contributed by atoms with Crippen LogP contribution in [-0.2, 0) is 6.42 Å². The molecule has 0 spiro atoms.